The van der Waals surface area contributed by atoms with E-state index >= 15 is 0 Å². The van der Waals surface area contributed by atoms with E-state index in [2.05, 4.69) is 17.9 Å². The van der Waals surface area contributed by atoms with Gasteiger partial charge in [0.1, 0.15) is 5.75 Å². The quantitative estimate of drug-likeness (QED) is 0.767. The number of rotatable bonds is 5. The summed E-state index contributed by atoms with van der Waals surface area (Å²) in [7, 11) is 1.94. The number of likely N-dealkylation sites (N-methyl/N-ethyl adjacent to an activating group) is 1. The largest absolute Gasteiger partial charge is 0.508 e. The molecule has 2 heterocycles. The molecule has 3 atom stereocenters. The summed E-state index contributed by atoms with van der Waals surface area (Å²) in [5, 5.41) is 10.2. The number of hydrogen-bond acceptors (Lipinski definition) is 4. The number of benzene rings is 1. The molecule has 2 unspecified atom stereocenters. The fourth-order valence-corrected chi connectivity index (χ4v) is 5.68. The Balaban J connectivity index is 1.49. The third kappa shape index (κ3) is 3.35. The fourth-order valence-electron chi connectivity index (χ4n) is 5.68. The molecule has 3 aliphatic rings. The number of aromatic hydroxyl groups is 1. The average Bonchev–Trinajstić information content (AvgIpc) is 3.39. The first-order chi connectivity index (χ1) is 14.5. The summed E-state index contributed by atoms with van der Waals surface area (Å²) >= 11 is 0. The SMILES string of the molecule is CN(C(=O)/C=C/c1ccoc1)[C@@H]1C2Cc3ccc(O)cc3C1(C)CCN2CC1CC1. The Kier molecular flexibility index (Phi) is 4.73. The molecule has 2 aromatic rings. The molecule has 0 radical (unpaired) electrons. The van der Waals surface area contributed by atoms with E-state index in [9.17, 15) is 9.90 Å². The number of furan rings is 1. The molecule has 1 saturated carbocycles. The average molecular weight is 407 g/mol. The van der Waals surface area contributed by atoms with Gasteiger partial charge in [-0.15, -0.1) is 0 Å². The van der Waals surface area contributed by atoms with E-state index in [4.69, 9.17) is 4.42 Å². The van der Waals surface area contributed by atoms with Crippen molar-refractivity contribution in [2.24, 2.45) is 5.92 Å². The van der Waals surface area contributed by atoms with Crippen LogP contribution in [0.3, 0.4) is 0 Å². The summed E-state index contributed by atoms with van der Waals surface area (Å²) in [5.41, 5.74) is 3.22. The topological polar surface area (TPSA) is 56.9 Å². The van der Waals surface area contributed by atoms with Crippen molar-refractivity contribution < 1.29 is 14.3 Å². The molecule has 1 aromatic heterocycles. The molecule has 2 bridgehead atoms. The minimum atomic E-state index is -0.176. The Labute approximate surface area is 178 Å². The Bertz CT molecular complexity index is 963. The van der Waals surface area contributed by atoms with Crippen LogP contribution in [0.15, 0.2) is 47.3 Å². The second-order valence-electron chi connectivity index (χ2n) is 9.50. The highest BCUT2D eigenvalue weighted by Crippen LogP contribution is 2.48. The number of hydrogen-bond donors (Lipinski definition) is 1. The number of fused-ring (bicyclic) bond motifs is 4. The molecule has 2 fully saturated rings. The highest BCUT2D eigenvalue weighted by molar-refractivity contribution is 5.92. The third-order valence-corrected chi connectivity index (χ3v) is 7.46. The lowest BCUT2D eigenvalue weighted by molar-refractivity contribution is -0.132. The molecule has 2 aliphatic carbocycles. The van der Waals surface area contributed by atoms with Crippen LogP contribution < -0.4 is 0 Å². The normalized spacial score (nSPS) is 28.5. The summed E-state index contributed by atoms with van der Waals surface area (Å²) in [5.74, 6) is 1.13. The first-order valence-corrected chi connectivity index (χ1v) is 11.0. The second kappa shape index (κ2) is 7.31. The van der Waals surface area contributed by atoms with Crippen LogP contribution in [0.2, 0.25) is 0 Å². The predicted molar refractivity (Wildman–Crippen MR) is 116 cm³/mol. The van der Waals surface area contributed by atoms with Crippen molar-refractivity contribution in [3.8, 4) is 5.75 Å². The molecule has 1 aromatic carbocycles. The molecule has 1 saturated heterocycles. The van der Waals surface area contributed by atoms with Crippen LogP contribution in [-0.4, -0.2) is 53.0 Å². The van der Waals surface area contributed by atoms with Crippen LogP contribution in [-0.2, 0) is 16.6 Å². The molecule has 158 valence electrons. The van der Waals surface area contributed by atoms with Gasteiger partial charge in [-0.1, -0.05) is 13.0 Å². The molecule has 30 heavy (non-hydrogen) atoms. The van der Waals surface area contributed by atoms with Crippen molar-refractivity contribution >= 4 is 12.0 Å². The molecule has 1 amide bonds. The summed E-state index contributed by atoms with van der Waals surface area (Å²) in [6.45, 7) is 4.47. The van der Waals surface area contributed by atoms with Crippen LogP contribution in [0.4, 0.5) is 0 Å². The highest BCUT2D eigenvalue weighted by Gasteiger charge is 2.53. The van der Waals surface area contributed by atoms with Gasteiger partial charge in [0.05, 0.1) is 18.6 Å². The van der Waals surface area contributed by atoms with Crippen molar-refractivity contribution in [3.05, 3.63) is 59.6 Å². The maximum absolute atomic E-state index is 13.2. The molecule has 5 heteroatoms. The van der Waals surface area contributed by atoms with Gasteiger partial charge in [0.2, 0.25) is 5.91 Å². The van der Waals surface area contributed by atoms with Crippen molar-refractivity contribution in [3.63, 3.8) is 0 Å². The molecular weight excluding hydrogens is 376 g/mol. The Morgan fingerprint density at radius 2 is 2.20 bits per heavy atom. The zero-order valence-electron chi connectivity index (χ0n) is 17.8. The van der Waals surface area contributed by atoms with E-state index < -0.39 is 0 Å². The zero-order chi connectivity index (χ0) is 20.9. The highest BCUT2D eigenvalue weighted by atomic mass is 16.3. The molecule has 1 N–H and O–H groups in total. The van der Waals surface area contributed by atoms with Gasteiger partial charge in [-0.05, 0) is 73.5 Å². The number of carbonyl (C=O) groups excluding carboxylic acids is 1. The van der Waals surface area contributed by atoms with Crippen LogP contribution in [0.25, 0.3) is 6.08 Å². The van der Waals surface area contributed by atoms with Crippen LogP contribution in [0, 0.1) is 5.92 Å². The van der Waals surface area contributed by atoms with E-state index in [0.29, 0.717) is 11.8 Å². The van der Waals surface area contributed by atoms with Crippen molar-refractivity contribution in [1.82, 2.24) is 9.80 Å². The Morgan fingerprint density at radius 1 is 1.37 bits per heavy atom. The maximum atomic E-state index is 13.2. The van der Waals surface area contributed by atoms with E-state index in [-0.39, 0.29) is 17.4 Å². The molecule has 0 spiro atoms. The van der Waals surface area contributed by atoms with Crippen molar-refractivity contribution in [1.29, 1.82) is 0 Å². The lowest BCUT2D eigenvalue weighted by Gasteiger charge is -2.58. The van der Waals surface area contributed by atoms with E-state index in [1.54, 1.807) is 24.7 Å². The molecular formula is C25H30N2O3. The van der Waals surface area contributed by atoms with E-state index in [1.807, 2.05) is 30.2 Å². The fraction of sp³-hybridized carbons (Fsp3) is 0.480. The monoisotopic (exact) mass is 406 g/mol. The molecule has 1 aliphatic heterocycles. The summed E-state index contributed by atoms with van der Waals surface area (Å²) < 4.78 is 5.10. The van der Waals surface area contributed by atoms with Gasteiger partial charge in [-0.25, -0.2) is 0 Å². The molecule has 5 rings (SSSR count). The summed E-state index contributed by atoms with van der Waals surface area (Å²) in [6, 6.07) is 8.02. The van der Waals surface area contributed by atoms with E-state index in [1.165, 1.54) is 24.0 Å². The number of phenolic OH excluding ortho intramolecular Hbond substituents is 1. The third-order valence-electron chi connectivity index (χ3n) is 7.46. The Hall–Kier alpha value is -2.53. The van der Waals surface area contributed by atoms with Crippen LogP contribution >= 0.6 is 0 Å². The molecule has 5 nitrogen and oxygen atoms in total. The van der Waals surface area contributed by atoms with Gasteiger partial charge < -0.3 is 14.4 Å². The number of amides is 1. The van der Waals surface area contributed by atoms with Gasteiger partial charge >= 0.3 is 0 Å². The minimum absolute atomic E-state index is 0.00861. The first-order valence-electron chi connectivity index (χ1n) is 11.0. The van der Waals surface area contributed by atoms with Crippen molar-refractivity contribution in [2.45, 2.75) is 50.1 Å². The summed E-state index contributed by atoms with van der Waals surface area (Å²) in [6.07, 6.45) is 11.3. The predicted octanol–water partition coefficient (Wildman–Crippen LogP) is 3.82. The number of carbonyl (C=O) groups is 1. The summed E-state index contributed by atoms with van der Waals surface area (Å²) in [4.78, 5) is 17.7. The number of nitrogens with zero attached hydrogens (tertiary/aromatic N) is 2. The number of phenols is 1. The second-order valence-corrected chi connectivity index (χ2v) is 9.50. The Morgan fingerprint density at radius 3 is 2.93 bits per heavy atom. The first kappa shape index (κ1) is 19.4. The lowest BCUT2D eigenvalue weighted by atomic mass is 9.61. The van der Waals surface area contributed by atoms with Crippen LogP contribution in [0.5, 0.6) is 5.75 Å². The van der Waals surface area contributed by atoms with Crippen LogP contribution in [0.1, 0.15) is 42.9 Å². The van der Waals surface area contributed by atoms with Gasteiger partial charge in [0.25, 0.3) is 0 Å². The zero-order valence-corrected chi connectivity index (χ0v) is 17.8. The standard InChI is InChI=1S/C25H30N2O3/c1-25-10-11-27(15-17-3-4-17)22(13-19-6-7-20(28)14-21(19)25)24(25)26(2)23(29)8-5-18-9-12-30-16-18/h5-9,12,14,16-17,22,24,28H,3-4,10-11,13,15H2,1-2H3/b8-5+/t22?,24-,25?/m1/s1. The number of likely N-dealkylation sites (tertiary alicyclic amines) is 1. The lowest BCUT2D eigenvalue weighted by Crippen LogP contribution is -2.68. The van der Waals surface area contributed by atoms with Gasteiger partial charge in [0.15, 0.2) is 0 Å². The van der Waals surface area contributed by atoms with Gasteiger partial charge in [-0.2, -0.15) is 0 Å². The smallest absolute Gasteiger partial charge is 0.246 e. The number of piperidine rings is 1. The minimum Gasteiger partial charge on any atom is -0.508 e. The van der Waals surface area contributed by atoms with E-state index in [0.717, 1.165) is 37.4 Å². The van der Waals surface area contributed by atoms with Crippen molar-refractivity contribution in [2.75, 3.05) is 20.1 Å². The van der Waals surface area contributed by atoms with Gasteiger partial charge in [-0.3, -0.25) is 9.69 Å². The maximum Gasteiger partial charge on any atom is 0.246 e. The van der Waals surface area contributed by atoms with Gasteiger partial charge in [0, 0.05) is 36.7 Å².